The Morgan fingerprint density at radius 2 is 1.73 bits per heavy atom. The number of hydrogen-bond acceptors (Lipinski definition) is 3. The van der Waals surface area contributed by atoms with Crippen molar-refractivity contribution in [2.45, 2.75) is 51.0 Å². The van der Waals surface area contributed by atoms with Gasteiger partial charge in [-0.1, -0.05) is 56.6 Å². The molecule has 0 aliphatic carbocycles. The van der Waals surface area contributed by atoms with Crippen LogP contribution >= 0.6 is 11.6 Å². The van der Waals surface area contributed by atoms with Crippen LogP contribution in [-0.4, -0.2) is 31.7 Å². The van der Waals surface area contributed by atoms with Gasteiger partial charge in [0.05, 0.1) is 11.1 Å². The average Bonchev–Trinajstić information content (AvgIpc) is 3.28. The van der Waals surface area contributed by atoms with Crippen LogP contribution in [0.15, 0.2) is 47.4 Å². The molecular formula is C23H29ClN2O3S. The van der Waals surface area contributed by atoms with E-state index in [0.29, 0.717) is 13.1 Å². The number of halogens is 1. The van der Waals surface area contributed by atoms with Gasteiger partial charge in [-0.2, -0.15) is 4.31 Å². The standard InChI is InChI=1S/C23H29ClN2O3S/c1-4-17-7-9-18(10-8-17)22(16(2)3)25-23(27)19-11-12-20(24)21(15-19)30(28,29)26-13-5-6-14-26/h7-12,15-16,22H,4-6,13-14H2,1-3H3,(H,25,27). The first-order valence-corrected chi connectivity index (χ1v) is 12.2. The van der Waals surface area contributed by atoms with Gasteiger partial charge in [0.1, 0.15) is 4.90 Å². The number of carbonyl (C=O) groups excluding carboxylic acids is 1. The quantitative estimate of drug-likeness (QED) is 0.660. The fraction of sp³-hybridized carbons (Fsp3) is 0.435. The molecule has 2 aromatic carbocycles. The van der Waals surface area contributed by atoms with Crippen LogP contribution < -0.4 is 5.32 Å². The van der Waals surface area contributed by atoms with Crippen molar-refractivity contribution in [3.63, 3.8) is 0 Å². The number of sulfonamides is 1. The van der Waals surface area contributed by atoms with Gasteiger partial charge in [-0.15, -0.1) is 0 Å². The second kappa shape index (κ2) is 9.50. The molecule has 162 valence electrons. The average molecular weight is 449 g/mol. The smallest absolute Gasteiger partial charge is 0.251 e. The van der Waals surface area contributed by atoms with Gasteiger partial charge >= 0.3 is 0 Å². The maximum absolute atomic E-state index is 13.0. The van der Waals surface area contributed by atoms with Crippen molar-refractivity contribution in [2.24, 2.45) is 5.92 Å². The van der Waals surface area contributed by atoms with Crippen molar-refractivity contribution in [3.05, 3.63) is 64.2 Å². The normalized spacial score (nSPS) is 16.0. The molecule has 1 fully saturated rings. The Morgan fingerprint density at radius 3 is 2.30 bits per heavy atom. The Morgan fingerprint density at radius 1 is 1.10 bits per heavy atom. The minimum Gasteiger partial charge on any atom is -0.345 e. The summed E-state index contributed by atoms with van der Waals surface area (Å²) in [7, 11) is -3.71. The molecule has 7 heteroatoms. The molecule has 0 bridgehead atoms. The molecule has 0 aromatic heterocycles. The lowest BCUT2D eigenvalue weighted by Gasteiger charge is -2.23. The predicted molar refractivity (Wildman–Crippen MR) is 120 cm³/mol. The van der Waals surface area contributed by atoms with E-state index in [1.54, 1.807) is 6.07 Å². The Kier molecular flexibility index (Phi) is 7.22. The zero-order chi connectivity index (χ0) is 21.9. The van der Waals surface area contributed by atoms with E-state index in [0.717, 1.165) is 24.8 Å². The van der Waals surface area contributed by atoms with E-state index in [9.17, 15) is 13.2 Å². The highest BCUT2D eigenvalue weighted by molar-refractivity contribution is 7.89. The highest BCUT2D eigenvalue weighted by Crippen LogP contribution is 2.29. The molecule has 2 aromatic rings. The van der Waals surface area contributed by atoms with Crippen LogP contribution in [0.2, 0.25) is 5.02 Å². The van der Waals surface area contributed by atoms with Gasteiger partial charge < -0.3 is 5.32 Å². The number of nitrogens with one attached hydrogen (secondary N) is 1. The summed E-state index contributed by atoms with van der Waals surface area (Å²) < 4.78 is 27.3. The number of nitrogens with zero attached hydrogens (tertiary/aromatic N) is 1. The number of benzene rings is 2. The van der Waals surface area contributed by atoms with E-state index in [1.165, 1.54) is 22.0 Å². The molecule has 5 nitrogen and oxygen atoms in total. The van der Waals surface area contributed by atoms with Crippen LogP contribution in [0.25, 0.3) is 0 Å². The first-order chi connectivity index (χ1) is 14.2. The van der Waals surface area contributed by atoms with Crippen LogP contribution in [0.1, 0.15) is 61.1 Å². The Bertz CT molecular complexity index is 998. The SMILES string of the molecule is CCc1ccc(C(NC(=O)c2ccc(Cl)c(S(=O)(=O)N3CCCC3)c2)C(C)C)cc1. The molecule has 1 heterocycles. The van der Waals surface area contributed by atoms with Crippen LogP contribution in [0.5, 0.6) is 0 Å². The Balaban J connectivity index is 1.86. The molecule has 1 amide bonds. The molecule has 3 rings (SSSR count). The highest BCUT2D eigenvalue weighted by atomic mass is 35.5. The topological polar surface area (TPSA) is 66.5 Å². The summed E-state index contributed by atoms with van der Waals surface area (Å²) in [6, 6.07) is 12.5. The number of carbonyl (C=O) groups is 1. The van der Waals surface area contributed by atoms with E-state index in [-0.39, 0.29) is 33.3 Å². The third kappa shape index (κ3) is 4.88. The van der Waals surface area contributed by atoms with Crippen molar-refractivity contribution in [3.8, 4) is 0 Å². The predicted octanol–water partition coefficient (Wildman–Crippen LogP) is 4.81. The third-order valence-electron chi connectivity index (χ3n) is 5.58. The van der Waals surface area contributed by atoms with Crippen molar-refractivity contribution < 1.29 is 13.2 Å². The summed E-state index contributed by atoms with van der Waals surface area (Å²) in [6.07, 6.45) is 2.63. The first kappa shape index (κ1) is 22.8. The lowest BCUT2D eigenvalue weighted by atomic mass is 9.94. The van der Waals surface area contributed by atoms with E-state index in [4.69, 9.17) is 11.6 Å². The molecule has 0 spiro atoms. The van der Waals surface area contributed by atoms with Gasteiger partial charge in [-0.05, 0) is 54.5 Å². The first-order valence-electron chi connectivity index (χ1n) is 10.4. The Hall–Kier alpha value is -1.89. The van der Waals surface area contributed by atoms with Crippen LogP contribution in [-0.2, 0) is 16.4 Å². The van der Waals surface area contributed by atoms with Gasteiger partial charge in [-0.3, -0.25) is 4.79 Å². The monoisotopic (exact) mass is 448 g/mol. The van der Waals surface area contributed by atoms with E-state index in [1.807, 2.05) is 26.0 Å². The van der Waals surface area contributed by atoms with Crippen LogP contribution in [0, 0.1) is 5.92 Å². The summed E-state index contributed by atoms with van der Waals surface area (Å²) >= 11 is 6.21. The van der Waals surface area contributed by atoms with E-state index >= 15 is 0 Å². The summed E-state index contributed by atoms with van der Waals surface area (Å²) in [5.74, 6) is -0.149. The van der Waals surface area contributed by atoms with Crippen LogP contribution in [0.4, 0.5) is 0 Å². The molecular weight excluding hydrogens is 420 g/mol. The molecule has 0 radical (unpaired) electrons. The minimum atomic E-state index is -3.71. The molecule has 0 saturated carbocycles. The second-order valence-electron chi connectivity index (χ2n) is 8.05. The zero-order valence-electron chi connectivity index (χ0n) is 17.7. The second-order valence-corrected chi connectivity index (χ2v) is 10.4. The van der Waals surface area contributed by atoms with Gasteiger partial charge in [-0.25, -0.2) is 8.42 Å². The van der Waals surface area contributed by atoms with E-state index in [2.05, 4.69) is 24.4 Å². The van der Waals surface area contributed by atoms with Gasteiger partial charge in [0, 0.05) is 18.7 Å². The molecule has 1 unspecified atom stereocenters. The maximum atomic E-state index is 13.0. The highest BCUT2D eigenvalue weighted by Gasteiger charge is 2.30. The molecule has 1 aliphatic rings. The fourth-order valence-electron chi connectivity index (χ4n) is 3.73. The van der Waals surface area contributed by atoms with Crippen molar-refractivity contribution in [2.75, 3.05) is 13.1 Å². The maximum Gasteiger partial charge on any atom is 0.251 e. The number of hydrogen-bond donors (Lipinski definition) is 1. The largest absolute Gasteiger partial charge is 0.345 e. The van der Waals surface area contributed by atoms with Crippen molar-refractivity contribution >= 4 is 27.5 Å². The van der Waals surface area contributed by atoms with Gasteiger partial charge in [0.25, 0.3) is 5.91 Å². The zero-order valence-corrected chi connectivity index (χ0v) is 19.3. The van der Waals surface area contributed by atoms with E-state index < -0.39 is 10.0 Å². The number of amides is 1. The molecule has 1 atom stereocenters. The summed E-state index contributed by atoms with van der Waals surface area (Å²) in [5.41, 5.74) is 2.55. The summed E-state index contributed by atoms with van der Waals surface area (Å²) in [5, 5.41) is 3.20. The van der Waals surface area contributed by atoms with Gasteiger partial charge in [0.15, 0.2) is 0 Å². The van der Waals surface area contributed by atoms with Crippen molar-refractivity contribution in [1.82, 2.24) is 9.62 Å². The minimum absolute atomic E-state index is 0.00730. The summed E-state index contributed by atoms with van der Waals surface area (Å²) in [6.45, 7) is 7.16. The van der Waals surface area contributed by atoms with Crippen molar-refractivity contribution in [1.29, 1.82) is 0 Å². The molecule has 1 N–H and O–H groups in total. The summed E-state index contributed by atoms with van der Waals surface area (Å²) in [4.78, 5) is 13.0. The fourth-order valence-corrected chi connectivity index (χ4v) is 5.75. The van der Waals surface area contributed by atoms with Crippen LogP contribution in [0.3, 0.4) is 0 Å². The van der Waals surface area contributed by atoms with Gasteiger partial charge in [0.2, 0.25) is 10.0 Å². The lowest BCUT2D eigenvalue weighted by molar-refractivity contribution is 0.0925. The molecule has 1 saturated heterocycles. The number of aryl methyl sites for hydroxylation is 1. The Labute approximate surface area is 184 Å². The third-order valence-corrected chi connectivity index (χ3v) is 7.96. The number of rotatable bonds is 7. The lowest BCUT2D eigenvalue weighted by Crippen LogP contribution is -2.32. The molecule has 1 aliphatic heterocycles. The molecule has 30 heavy (non-hydrogen) atoms.